The Kier molecular flexibility index (Phi) is 8.11. The van der Waals surface area contributed by atoms with Gasteiger partial charge in [-0.2, -0.15) is 0 Å². The lowest BCUT2D eigenvalue weighted by atomic mass is 9.75. The number of rotatable bonds is 4. The van der Waals surface area contributed by atoms with Crippen LogP contribution < -0.4 is 5.32 Å². The third-order valence-corrected chi connectivity index (χ3v) is 4.05. The van der Waals surface area contributed by atoms with E-state index in [9.17, 15) is 4.79 Å². The molecule has 1 fully saturated rings. The standard InChI is InChI=1S/C16H23NO.C3H8/c1-16(11-6-3-7-12-16)15(18)17-13-10-14-8-4-2-5-9-14;1-3-2/h2,4-5,8-9H,3,6-7,10-13H2,1H3,(H,17,18);3H2,1-2H3. The molecule has 2 heteroatoms. The van der Waals surface area contributed by atoms with Crippen LogP contribution in [-0.2, 0) is 11.2 Å². The highest BCUT2D eigenvalue weighted by Crippen LogP contribution is 2.35. The molecule has 118 valence electrons. The van der Waals surface area contributed by atoms with E-state index in [0.717, 1.165) is 25.8 Å². The summed E-state index contributed by atoms with van der Waals surface area (Å²) >= 11 is 0. The fourth-order valence-electron chi connectivity index (χ4n) is 2.74. The molecule has 21 heavy (non-hydrogen) atoms. The van der Waals surface area contributed by atoms with Gasteiger partial charge in [0.2, 0.25) is 5.91 Å². The molecule has 1 amide bonds. The van der Waals surface area contributed by atoms with Gasteiger partial charge in [0.1, 0.15) is 0 Å². The van der Waals surface area contributed by atoms with Gasteiger partial charge in [0.15, 0.2) is 0 Å². The van der Waals surface area contributed by atoms with E-state index in [4.69, 9.17) is 0 Å². The minimum Gasteiger partial charge on any atom is -0.355 e. The van der Waals surface area contributed by atoms with E-state index in [1.165, 1.54) is 31.2 Å². The average Bonchev–Trinajstić information content (AvgIpc) is 2.50. The Morgan fingerprint density at radius 3 is 2.24 bits per heavy atom. The predicted octanol–water partition coefficient (Wildman–Crippen LogP) is 4.73. The summed E-state index contributed by atoms with van der Waals surface area (Å²) in [6, 6.07) is 10.3. The number of carbonyl (C=O) groups excluding carboxylic acids is 1. The van der Waals surface area contributed by atoms with Crippen molar-refractivity contribution < 1.29 is 4.79 Å². The average molecular weight is 289 g/mol. The normalized spacial score (nSPS) is 16.5. The molecule has 0 atom stereocenters. The second-order valence-corrected chi connectivity index (χ2v) is 6.32. The molecule has 0 aromatic heterocycles. The van der Waals surface area contributed by atoms with Crippen molar-refractivity contribution in [2.24, 2.45) is 5.41 Å². The first kappa shape index (κ1) is 17.7. The fraction of sp³-hybridized carbons (Fsp3) is 0.632. The molecule has 0 aliphatic heterocycles. The maximum atomic E-state index is 12.2. The highest BCUT2D eigenvalue weighted by Gasteiger charge is 2.33. The second-order valence-electron chi connectivity index (χ2n) is 6.32. The molecule has 0 spiro atoms. The van der Waals surface area contributed by atoms with Crippen molar-refractivity contribution in [2.45, 2.75) is 65.7 Å². The third kappa shape index (κ3) is 6.33. The lowest BCUT2D eigenvalue weighted by Gasteiger charge is -2.32. The maximum Gasteiger partial charge on any atom is 0.225 e. The highest BCUT2D eigenvalue weighted by atomic mass is 16.2. The summed E-state index contributed by atoms with van der Waals surface area (Å²) in [6.45, 7) is 7.11. The second kappa shape index (κ2) is 9.59. The van der Waals surface area contributed by atoms with Crippen LogP contribution in [0.25, 0.3) is 0 Å². The van der Waals surface area contributed by atoms with Crippen molar-refractivity contribution in [3.05, 3.63) is 35.9 Å². The minimum atomic E-state index is -0.116. The van der Waals surface area contributed by atoms with Crippen LogP contribution in [0, 0.1) is 5.41 Å². The van der Waals surface area contributed by atoms with Crippen LogP contribution in [0.4, 0.5) is 0 Å². The highest BCUT2D eigenvalue weighted by molar-refractivity contribution is 5.82. The lowest BCUT2D eigenvalue weighted by Crippen LogP contribution is -2.41. The van der Waals surface area contributed by atoms with Crippen LogP contribution in [0.5, 0.6) is 0 Å². The van der Waals surface area contributed by atoms with Gasteiger partial charge < -0.3 is 5.32 Å². The van der Waals surface area contributed by atoms with Gasteiger partial charge in [0, 0.05) is 12.0 Å². The van der Waals surface area contributed by atoms with E-state index in [2.05, 4.69) is 38.2 Å². The quantitative estimate of drug-likeness (QED) is 0.853. The van der Waals surface area contributed by atoms with E-state index in [1.807, 2.05) is 18.2 Å². The van der Waals surface area contributed by atoms with Crippen molar-refractivity contribution in [1.29, 1.82) is 0 Å². The van der Waals surface area contributed by atoms with E-state index in [-0.39, 0.29) is 11.3 Å². The third-order valence-electron chi connectivity index (χ3n) is 4.05. The number of benzene rings is 1. The first-order valence-electron chi connectivity index (χ1n) is 8.44. The van der Waals surface area contributed by atoms with Crippen molar-refractivity contribution in [3.8, 4) is 0 Å². The van der Waals surface area contributed by atoms with Gasteiger partial charge in [-0.3, -0.25) is 4.79 Å². The molecule has 0 heterocycles. The smallest absolute Gasteiger partial charge is 0.225 e. The van der Waals surface area contributed by atoms with Gasteiger partial charge in [0.05, 0.1) is 0 Å². The van der Waals surface area contributed by atoms with Crippen LogP contribution >= 0.6 is 0 Å². The molecule has 1 aliphatic rings. The van der Waals surface area contributed by atoms with Crippen molar-refractivity contribution in [1.82, 2.24) is 5.32 Å². The maximum absolute atomic E-state index is 12.2. The first-order chi connectivity index (χ1) is 10.1. The van der Waals surface area contributed by atoms with Gasteiger partial charge in [-0.05, 0) is 24.8 Å². The number of hydrogen-bond acceptors (Lipinski definition) is 1. The number of hydrogen-bond donors (Lipinski definition) is 1. The molecule has 0 saturated heterocycles. The summed E-state index contributed by atoms with van der Waals surface area (Å²) in [7, 11) is 0. The minimum absolute atomic E-state index is 0.116. The van der Waals surface area contributed by atoms with Crippen LogP contribution in [-0.4, -0.2) is 12.5 Å². The summed E-state index contributed by atoms with van der Waals surface area (Å²) < 4.78 is 0. The molecule has 0 unspecified atom stereocenters. The van der Waals surface area contributed by atoms with Gasteiger partial charge in [-0.15, -0.1) is 0 Å². The number of amides is 1. The summed E-state index contributed by atoms with van der Waals surface area (Å²) in [5, 5.41) is 3.10. The van der Waals surface area contributed by atoms with E-state index >= 15 is 0 Å². The fourth-order valence-corrected chi connectivity index (χ4v) is 2.74. The number of nitrogens with one attached hydrogen (secondary N) is 1. The lowest BCUT2D eigenvalue weighted by molar-refractivity contribution is -0.131. The zero-order chi connectivity index (χ0) is 15.6. The largest absolute Gasteiger partial charge is 0.355 e. The van der Waals surface area contributed by atoms with E-state index in [0.29, 0.717) is 0 Å². The molecule has 2 nitrogen and oxygen atoms in total. The molecule has 0 radical (unpaired) electrons. The zero-order valence-electron chi connectivity index (χ0n) is 14.0. The Morgan fingerprint density at radius 1 is 1.10 bits per heavy atom. The zero-order valence-corrected chi connectivity index (χ0v) is 14.0. The SMILES string of the molecule is CC1(C(=O)NCCc2ccccc2)CCCCC1.CCC. The van der Waals surface area contributed by atoms with Crippen molar-refractivity contribution in [2.75, 3.05) is 6.54 Å². The molecule has 1 N–H and O–H groups in total. The molecule has 0 bridgehead atoms. The number of carbonyl (C=O) groups is 1. The molecular formula is C19H31NO. The van der Waals surface area contributed by atoms with E-state index in [1.54, 1.807) is 0 Å². The molecule has 2 rings (SSSR count). The van der Waals surface area contributed by atoms with Crippen LogP contribution in [0.1, 0.15) is 64.9 Å². The first-order valence-corrected chi connectivity index (χ1v) is 8.44. The molecular weight excluding hydrogens is 258 g/mol. The summed E-state index contributed by atoms with van der Waals surface area (Å²) in [4.78, 5) is 12.2. The Balaban J connectivity index is 0.000000677. The van der Waals surface area contributed by atoms with Gasteiger partial charge in [0.25, 0.3) is 0 Å². The van der Waals surface area contributed by atoms with Crippen molar-refractivity contribution >= 4 is 5.91 Å². The topological polar surface area (TPSA) is 29.1 Å². The van der Waals surface area contributed by atoms with Crippen LogP contribution in [0.3, 0.4) is 0 Å². The molecule has 1 aromatic carbocycles. The summed E-state index contributed by atoms with van der Waals surface area (Å²) in [6.07, 6.45) is 7.94. The van der Waals surface area contributed by atoms with Crippen LogP contribution in [0.15, 0.2) is 30.3 Å². The summed E-state index contributed by atoms with van der Waals surface area (Å²) in [5.74, 6) is 0.248. The molecule has 1 aromatic rings. The van der Waals surface area contributed by atoms with Crippen molar-refractivity contribution in [3.63, 3.8) is 0 Å². The van der Waals surface area contributed by atoms with Crippen LogP contribution in [0.2, 0.25) is 0 Å². The molecule has 1 aliphatic carbocycles. The Labute approximate surface area is 130 Å². The Bertz CT molecular complexity index is 393. The monoisotopic (exact) mass is 289 g/mol. The Hall–Kier alpha value is -1.31. The Morgan fingerprint density at radius 2 is 1.67 bits per heavy atom. The van der Waals surface area contributed by atoms with Gasteiger partial charge in [-0.1, -0.05) is 76.8 Å². The summed E-state index contributed by atoms with van der Waals surface area (Å²) in [5.41, 5.74) is 1.17. The van der Waals surface area contributed by atoms with Gasteiger partial charge >= 0.3 is 0 Å². The predicted molar refractivity (Wildman–Crippen MR) is 90.3 cm³/mol. The molecule has 1 saturated carbocycles. The van der Waals surface area contributed by atoms with E-state index < -0.39 is 0 Å². The van der Waals surface area contributed by atoms with Gasteiger partial charge in [-0.25, -0.2) is 0 Å².